The highest BCUT2D eigenvalue weighted by Crippen LogP contribution is 2.15. The Morgan fingerprint density at radius 2 is 2.20 bits per heavy atom. The number of rotatable bonds is 6. The molecule has 0 radical (unpaired) electrons. The first-order valence-corrected chi connectivity index (χ1v) is 6.96. The largest absolute Gasteiger partial charge is 0.485 e. The first kappa shape index (κ1) is 13.1. The third kappa shape index (κ3) is 3.54. The van der Waals surface area contributed by atoms with Gasteiger partial charge in [0.05, 0.1) is 12.6 Å². The van der Waals surface area contributed by atoms with Crippen molar-refractivity contribution in [1.29, 1.82) is 0 Å². The molecule has 6 heteroatoms. The Morgan fingerprint density at radius 3 is 3.00 bits per heavy atom. The third-order valence-corrected chi connectivity index (χ3v) is 3.28. The highest BCUT2D eigenvalue weighted by Gasteiger charge is 2.15. The number of benzene rings is 1. The molecule has 2 aromatic rings. The van der Waals surface area contributed by atoms with Gasteiger partial charge in [-0.2, -0.15) is 4.80 Å². The van der Waals surface area contributed by atoms with E-state index < -0.39 is 0 Å². The zero-order valence-corrected chi connectivity index (χ0v) is 11.3. The van der Waals surface area contributed by atoms with Crippen molar-refractivity contribution in [3.63, 3.8) is 0 Å². The van der Waals surface area contributed by atoms with E-state index in [1.54, 1.807) is 4.80 Å². The predicted octanol–water partition coefficient (Wildman–Crippen LogP) is 1.82. The fourth-order valence-electron chi connectivity index (χ4n) is 2.23. The Bertz CT molecular complexity index is 523. The molecule has 1 aromatic carbocycles. The van der Waals surface area contributed by atoms with Crippen molar-refractivity contribution in [2.75, 3.05) is 6.61 Å². The number of ether oxygens (including phenoxy) is 2. The van der Waals surface area contributed by atoms with Gasteiger partial charge in [0, 0.05) is 6.61 Å². The molecule has 6 nitrogen and oxygen atoms in total. The zero-order valence-electron chi connectivity index (χ0n) is 11.3. The van der Waals surface area contributed by atoms with E-state index in [9.17, 15) is 0 Å². The van der Waals surface area contributed by atoms with Crippen LogP contribution in [0.5, 0.6) is 5.75 Å². The summed E-state index contributed by atoms with van der Waals surface area (Å²) in [5.41, 5.74) is 0. The van der Waals surface area contributed by atoms with E-state index in [1.807, 2.05) is 30.3 Å². The molecule has 20 heavy (non-hydrogen) atoms. The van der Waals surface area contributed by atoms with Crippen molar-refractivity contribution in [2.24, 2.45) is 0 Å². The number of tetrazole rings is 1. The van der Waals surface area contributed by atoms with Crippen molar-refractivity contribution in [3.8, 4) is 5.75 Å². The van der Waals surface area contributed by atoms with Crippen molar-refractivity contribution in [3.05, 3.63) is 36.2 Å². The van der Waals surface area contributed by atoms with Crippen LogP contribution in [0, 0.1) is 0 Å². The lowest BCUT2D eigenvalue weighted by Crippen LogP contribution is -2.12. The van der Waals surface area contributed by atoms with Crippen molar-refractivity contribution >= 4 is 0 Å². The molecule has 2 heterocycles. The van der Waals surface area contributed by atoms with Crippen LogP contribution in [-0.4, -0.2) is 32.9 Å². The zero-order chi connectivity index (χ0) is 13.6. The summed E-state index contributed by atoms with van der Waals surface area (Å²) in [7, 11) is 0. The fraction of sp³-hybridized carbons (Fsp3) is 0.500. The Labute approximate surface area is 117 Å². The summed E-state index contributed by atoms with van der Waals surface area (Å²) >= 11 is 0. The second-order valence-electron chi connectivity index (χ2n) is 4.83. The summed E-state index contributed by atoms with van der Waals surface area (Å²) < 4.78 is 11.2. The van der Waals surface area contributed by atoms with Gasteiger partial charge in [-0.1, -0.05) is 18.2 Å². The summed E-state index contributed by atoms with van der Waals surface area (Å²) in [5, 5.41) is 12.3. The van der Waals surface area contributed by atoms with Gasteiger partial charge in [-0.15, -0.1) is 10.2 Å². The minimum Gasteiger partial charge on any atom is -0.485 e. The van der Waals surface area contributed by atoms with Gasteiger partial charge in [0.15, 0.2) is 6.61 Å². The average Bonchev–Trinajstić information content (AvgIpc) is 3.16. The molecule has 1 atom stereocenters. The number of para-hydroxylation sites is 1. The molecule has 1 aromatic heterocycles. The minimum absolute atomic E-state index is 0.337. The van der Waals surface area contributed by atoms with Crippen LogP contribution in [-0.2, 0) is 17.9 Å². The van der Waals surface area contributed by atoms with Gasteiger partial charge in [0.2, 0.25) is 5.82 Å². The molecule has 0 bridgehead atoms. The average molecular weight is 274 g/mol. The Hall–Kier alpha value is -1.95. The number of hydrogen-bond acceptors (Lipinski definition) is 5. The van der Waals surface area contributed by atoms with Gasteiger partial charge in [-0.05, 0) is 36.6 Å². The normalized spacial score (nSPS) is 18.3. The van der Waals surface area contributed by atoms with Crippen LogP contribution >= 0.6 is 0 Å². The maximum Gasteiger partial charge on any atom is 0.212 e. The quantitative estimate of drug-likeness (QED) is 0.804. The van der Waals surface area contributed by atoms with Crippen molar-refractivity contribution < 1.29 is 9.47 Å². The minimum atomic E-state index is 0.337. The van der Waals surface area contributed by atoms with Crippen LogP contribution in [0.1, 0.15) is 25.1 Å². The van der Waals surface area contributed by atoms with Crippen LogP contribution < -0.4 is 4.74 Å². The Morgan fingerprint density at radius 1 is 1.30 bits per heavy atom. The van der Waals surface area contributed by atoms with E-state index in [2.05, 4.69) is 15.4 Å². The molecule has 3 rings (SSSR count). The third-order valence-electron chi connectivity index (χ3n) is 3.28. The molecule has 1 aliphatic rings. The van der Waals surface area contributed by atoms with Gasteiger partial charge in [-0.25, -0.2) is 0 Å². The molecule has 1 fully saturated rings. The number of nitrogens with zero attached hydrogens (tertiary/aromatic N) is 4. The molecule has 0 amide bonds. The topological polar surface area (TPSA) is 62.1 Å². The van der Waals surface area contributed by atoms with Crippen LogP contribution in [0.2, 0.25) is 0 Å². The van der Waals surface area contributed by atoms with Gasteiger partial charge < -0.3 is 9.47 Å². The second-order valence-corrected chi connectivity index (χ2v) is 4.83. The molecule has 0 unspecified atom stereocenters. The highest BCUT2D eigenvalue weighted by atomic mass is 16.5. The van der Waals surface area contributed by atoms with Crippen molar-refractivity contribution in [2.45, 2.75) is 38.5 Å². The standard InChI is InChI=1S/C14H18N4O2/c1-2-5-12(6-3-1)20-11-14-15-17-18(16-14)9-8-13-7-4-10-19-13/h1-3,5-6,13H,4,7-11H2/t13-/m0/s1. The summed E-state index contributed by atoms with van der Waals surface area (Å²) in [6, 6.07) is 9.62. The van der Waals surface area contributed by atoms with Gasteiger partial charge in [0.25, 0.3) is 0 Å². The van der Waals surface area contributed by atoms with Crippen LogP contribution in [0.3, 0.4) is 0 Å². The lowest BCUT2D eigenvalue weighted by molar-refractivity contribution is 0.0981. The molecule has 0 spiro atoms. The summed E-state index contributed by atoms with van der Waals surface area (Å²) in [5.74, 6) is 1.41. The molecule has 0 aliphatic carbocycles. The molecule has 1 aliphatic heterocycles. The molecule has 1 saturated heterocycles. The monoisotopic (exact) mass is 274 g/mol. The lowest BCUT2D eigenvalue weighted by Gasteiger charge is -2.07. The highest BCUT2D eigenvalue weighted by molar-refractivity contribution is 5.20. The summed E-state index contributed by atoms with van der Waals surface area (Å²) in [6.45, 7) is 1.96. The van der Waals surface area contributed by atoms with Crippen molar-refractivity contribution in [1.82, 2.24) is 20.2 Å². The van der Waals surface area contributed by atoms with Gasteiger partial charge >= 0.3 is 0 Å². The van der Waals surface area contributed by atoms with E-state index in [-0.39, 0.29) is 0 Å². The van der Waals surface area contributed by atoms with E-state index in [4.69, 9.17) is 9.47 Å². The summed E-state index contributed by atoms with van der Waals surface area (Å²) in [6.07, 6.45) is 3.59. The van der Waals surface area contributed by atoms with E-state index in [0.717, 1.165) is 38.2 Å². The maximum atomic E-state index is 5.58. The molecule has 106 valence electrons. The van der Waals surface area contributed by atoms with Crippen LogP contribution in [0.15, 0.2) is 30.3 Å². The number of aryl methyl sites for hydroxylation is 1. The second kappa shape index (κ2) is 6.47. The number of hydrogen-bond donors (Lipinski definition) is 0. The van der Waals surface area contributed by atoms with E-state index in [0.29, 0.717) is 18.5 Å². The predicted molar refractivity (Wildman–Crippen MR) is 72.2 cm³/mol. The van der Waals surface area contributed by atoms with E-state index in [1.165, 1.54) is 0 Å². The molecular formula is C14H18N4O2. The lowest BCUT2D eigenvalue weighted by atomic mass is 10.2. The number of aromatic nitrogens is 4. The van der Waals surface area contributed by atoms with Crippen LogP contribution in [0.4, 0.5) is 0 Å². The first-order chi connectivity index (χ1) is 9.90. The van der Waals surface area contributed by atoms with Gasteiger partial charge in [0.1, 0.15) is 5.75 Å². The summed E-state index contributed by atoms with van der Waals surface area (Å²) in [4.78, 5) is 1.62. The molecule has 0 N–H and O–H groups in total. The molecule has 0 saturated carbocycles. The Balaban J connectivity index is 1.46. The van der Waals surface area contributed by atoms with Gasteiger partial charge in [-0.3, -0.25) is 0 Å². The molecular weight excluding hydrogens is 256 g/mol. The van der Waals surface area contributed by atoms with Crippen LogP contribution in [0.25, 0.3) is 0 Å². The Kier molecular flexibility index (Phi) is 4.22. The maximum absolute atomic E-state index is 5.58. The SMILES string of the molecule is c1ccc(OCc2nnn(CC[C@@H]3CCCO3)n2)cc1. The first-order valence-electron chi connectivity index (χ1n) is 6.96. The van der Waals surface area contributed by atoms with E-state index >= 15 is 0 Å². The fourth-order valence-corrected chi connectivity index (χ4v) is 2.23. The smallest absolute Gasteiger partial charge is 0.212 e.